The zero-order chi connectivity index (χ0) is 0. The summed E-state index contributed by atoms with van der Waals surface area (Å²) in [6.45, 7) is 0. The van der Waals surface area contributed by atoms with E-state index < -0.39 is 0 Å². The van der Waals surface area contributed by atoms with Gasteiger partial charge in [-0.15, -0.1) is 0 Å². The summed E-state index contributed by atoms with van der Waals surface area (Å²) in [5, 5.41) is 0. The Morgan fingerprint density at radius 1 is 1.00 bits per heavy atom. The van der Waals surface area contributed by atoms with E-state index in [0.717, 1.165) is 0 Å². The van der Waals surface area contributed by atoms with Gasteiger partial charge in [-0.2, -0.15) is 0 Å². The molecule has 0 saturated carbocycles. The number of hydrogen-bond donors (Lipinski definition) is 0. The maximum atomic E-state index is 0. The van der Waals surface area contributed by atoms with Crippen LogP contribution in [-0.2, 0) is 44.8 Å². The van der Waals surface area contributed by atoms with E-state index in [0.29, 0.717) is 0 Å². The monoisotopic (exact) mass is 726 g/mol. The standard InChI is InChI=1S/Ag.Au.Bi.Pb.5H. The second kappa shape index (κ2) is 16.3. The molecule has 0 rings (SSSR count). The number of hydrogen-bond acceptors (Lipinski definition) is 0. The summed E-state index contributed by atoms with van der Waals surface area (Å²) < 4.78 is 0. The molecule has 0 N–H and O–H groups in total. The van der Waals surface area contributed by atoms with E-state index in [1.807, 2.05) is 0 Å². The Bertz CT molecular complexity index is 8.00. The van der Waals surface area contributed by atoms with E-state index in [1.165, 1.54) is 0 Å². The zero-order valence-electron chi connectivity index (χ0n) is 2.02. The second-order valence-corrected chi connectivity index (χ2v) is 0. The third-order valence-corrected chi connectivity index (χ3v) is 0. The molecule has 4 heavy (non-hydrogen) atoms. The molecule has 0 aliphatic rings. The van der Waals surface area contributed by atoms with Crippen LogP contribution in [0, 0.1) is 0 Å². The van der Waals surface area contributed by atoms with Crippen LogP contribution < -0.4 is 0 Å². The molecular weight excluding hydrogens is 721 g/mol. The Hall–Kier alpha value is 3.29. The molecule has 0 amide bonds. The summed E-state index contributed by atoms with van der Waals surface area (Å²) in [4.78, 5) is 0. The third kappa shape index (κ3) is 8.99. The first-order chi connectivity index (χ1) is 0. The maximum absolute atomic E-state index is 0. The van der Waals surface area contributed by atoms with Gasteiger partial charge in [-0.25, -0.2) is 0 Å². The first kappa shape index (κ1) is 26.7. The molecule has 4 radical (unpaired) electrons. The fraction of sp³-hybridized carbons (Fsp3) is 0. The zero-order valence-corrected chi connectivity index (χ0v) is 16.7. The average Bonchev–Trinajstić information content (AvgIpc) is 0. The van der Waals surface area contributed by atoms with Crippen LogP contribution >= 0.6 is 0 Å². The predicted octanol–water partition coefficient (Wildman–Crippen LogP) is -2.11. The van der Waals surface area contributed by atoms with Crippen molar-refractivity contribution in [3.8, 4) is 0 Å². The van der Waals surface area contributed by atoms with Gasteiger partial charge in [0, 0.05) is 44.8 Å². The molecule has 0 fully saturated rings. The van der Waals surface area contributed by atoms with Crippen molar-refractivity contribution in [3.63, 3.8) is 0 Å². The van der Waals surface area contributed by atoms with Crippen molar-refractivity contribution in [2.45, 2.75) is 0 Å². The second-order valence-electron chi connectivity index (χ2n) is 0. The van der Waals surface area contributed by atoms with Crippen LogP contribution in [0.2, 0.25) is 0 Å². The summed E-state index contributed by atoms with van der Waals surface area (Å²) in [7, 11) is 0. The van der Waals surface area contributed by atoms with Crippen molar-refractivity contribution in [2.24, 2.45) is 0 Å². The molecule has 0 heterocycles. The van der Waals surface area contributed by atoms with Crippen molar-refractivity contribution in [1.82, 2.24) is 0 Å². The van der Waals surface area contributed by atoms with Crippen LogP contribution in [-0.4, -0.2) is 53.5 Å². The van der Waals surface area contributed by atoms with Crippen molar-refractivity contribution in [3.05, 3.63) is 0 Å². The van der Waals surface area contributed by atoms with Gasteiger partial charge < -0.3 is 0 Å². The Balaban J connectivity index is 0. The summed E-state index contributed by atoms with van der Waals surface area (Å²) in [5.41, 5.74) is 0. The summed E-state index contributed by atoms with van der Waals surface area (Å²) >= 11 is 0. The third-order valence-electron chi connectivity index (χ3n) is 0. The molecule has 0 atom stereocenters. The van der Waals surface area contributed by atoms with Crippen LogP contribution in [0.3, 0.4) is 0 Å². The molecule has 0 aliphatic carbocycles. The minimum absolute atomic E-state index is 0. The molecule has 0 unspecified atom stereocenters. The van der Waals surface area contributed by atoms with E-state index in [9.17, 15) is 0 Å². The summed E-state index contributed by atoms with van der Waals surface area (Å²) in [6, 6.07) is 0. The van der Waals surface area contributed by atoms with E-state index in [-0.39, 0.29) is 98.3 Å². The van der Waals surface area contributed by atoms with Crippen molar-refractivity contribution >= 4 is 53.5 Å². The van der Waals surface area contributed by atoms with Gasteiger partial charge in [0.2, 0.25) is 0 Å². The van der Waals surface area contributed by atoms with Crippen LogP contribution in [0.25, 0.3) is 0 Å². The van der Waals surface area contributed by atoms with E-state index in [1.54, 1.807) is 0 Å². The van der Waals surface area contributed by atoms with Gasteiger partial charge in [-0.1, -0.05) is 0 Å². The van der Waals surface area contributed by atoms with Crippen LogP contribution in [0.15, 0.2) is 0 Å². The van der Waals surface area contributed by atoms with E-state index >= 15 is 0 Å². The van der Waals surface area contributed by atoms with Gasteiger partial charge in [-0.3, -0.25) is 0 Å². The summed E-state index contributed by atoms with van der Waals surface area (Å²) in [6.07, 6.45) is 0. The Kier molecular flexibility index (Phi) is 108. The van der Waals surface area contributed by atoms with Gasteiger partial charge in [-0.05, 0) is 0 Å². The molecular formula is H5AgAuBiPb. The molecule has 0 aromatic rings. The first-order valence-electron chi connectivity index (χ1n) is 0. The molecule has 0 bridgehead atoms. The fourth-order valence-electron chi connectivity index (χ4n) is 0. The van der Waals surface area contributed by atoms with E-state index in [2.05, 4.69) is 0 Å². The van der Waals surface area contributed by atoms with Crippen LogP contribution in [0.1, 0.15) is 0 Å². The summed E-state index contributed by atoms with van der Waals surface area (Å²) in [5.74, 6) is 0. The molecule has 0 nitrogen and oxygen atoms in total. The SMILES string of the molecule is [Ag].[Au].[BiH3].[PbH2]. The van der Waals surface area contributed by atoms with Gasteiger partial charge in [0.25, 0.3) is 0 Å². The van der Waals surface area contributed by atoms with Crippen LogP contribution in [0.4, 0.5) is 0 Å². The Morgan fingerprint density at radius 2 is 1.00 bits per heavy atom. The Morgan fingerprint density at radius 3 is 1.00 bits per heavy atom. The molecule has 4 heteroatoms. The van der Waals surface area contributed by atoms with Gasteiger partial charge in [0.05, 0.1) is 0 Å². The quantitative estimate of drug-likeness (QED) is 0.252. The fourth-order valence-corrected chi connectivity index (χ4v) is 0. The van der Waals surface area contributed by atoms with Gasteiger partial charge in [0.1, 0.15) is 0 Å². The molecule has 0 aromatic heterocycles. The first-order valence-corrected chi connectivity index (χ1v) is 0. The van der Waals surface area contributed by atoms with Crippen molar-refractivity contribution in [1.29, 1.82) is 0 Å². The topological polar surface area (TPSA) is 0 Å². The van der Waals surface area contributed by atoms with Gasteiger partial charge in [0.15, 0.2) is 0 Å². The van der Waals surface area contributed by atoms with Crippen molar-refractivity contribution in [2.75, 3.05) is 0 Å². The van der Waals surface area contributed by atoms with Crippen molar-refractivity contribution < 1.29 is 44.8 Å². The Labute approximate surface area is 96.2 Å². The predicted molar refractivity (Wildman–Crippen MR) is 18.5 cm³/mol. The van der Waals surface area contributed by atoms with Gasteiger partial charge >= 0.3 is 53.5 Å². The number of rotatable bonds is 0. The normalized spacial score (nSPS) is 0. The average molecular weight is 726 g/mol. The molecule has 0 aliphatic heterocycles. The molecule has 36 valence electrons. The van der Waals surface area contributed by atoms with E-state index in [4.69, 9.17) is 0 Å². The molecule has 0 saturated heterocycles. The molecule has 0 spiro atoms. The molecule has 0 aromatic carbocycles. The minimum atomic E-state index is 0. The van der Waals surface area contributed by atoms with Crippen LogP contribution in [0.5, 0.6) is 0 Å².